The number of anilines is 1. The maximum atomic E-state index is 4.43. The smallest absolute Gasteiger partial charge is 0.132 e. The molecule has 21 heavy (non-hydrogen) atoms. The van der Waals surface area contributed by atoms with Crippen LogP contribution in [0.15, 0.2) is 29.3 Å². The number of halogens is 1. The van der Waals surface area contributed by atoms with Gasteiger partial charge in [-0.05, 0) is 28.8 Å². The van der Waals surface area contributed by atoms with Crippen molar-refractivity contribution in [2.24, 2.45) is 5.92 Å². The summed E-state index contributed by atoms with van der Waals surface area (Å²) in [7, 11) is 0. The number of hydrogen-bond donors (Lipinski definition) is 0. The molecule has 0 N–H and O–H groups in total. The zero-order chi connectivity index (χ0) is 14.2. The van der Waals surface area contributed by atoms with Crippen LogP contribution in [0.3, 0.4) is 0 Å². The molecule has 1 saturated heterocycles. The molecule has 0 unspecified atom stereocenters. The first-order valence-electron chi connectivity index (χ1n) is 7.53. The van der Waals surface area contributed by atoms with Gasteiger partial charge in [0.15, 0.2) is 0 Å². The lowest BCUT2D eigenvalue weighted by molar-refractivity contribution is 0.339. The molecule has 2 fully saturated rings. The molecule has 0 atom stereocenters. The Morgan fingerprint density at radius 1 is 1.24 bits per heavy atom. The Bertz CT molecular complexity index is 630. The lowest BCUT2D eigenvalue weighted by Crippen LogP contribution is -2.49. The average Bonchev–Trinajstić information content (AvgIpc) is 2.77. The Morgan fingerprint density at radius 3 is 2.76 bits per heavy atom. The van der Waals surface area contributed by atoms with E-state index in [4.69, 9.17) is 0 Å². The summed E-state index contributed by atoms with van der Waals surface area (Å²) in [6.45, 7) is 3.08. The third-order valence-electron chi connectivity index (χ3n) is 4.53. The average molecular weight is 348 g/mol. The Labute approximate surface area is 132 Å². The first kappa shape index (κ1) is 13.2. The van der Waals surface area contributed by atoms with Crippen molar-refractivity contribution >= 4 is 21.7 Å². The third-order valence-corrected chi connectivity index (χ3v) is 4.93. The van der Waals surface area contributed by atoms with Crippen LogP contribution in [-0.4, -0.2) is 32.8 Å². The van der Waals surface area contributed by atoms with Crippen LogP contribution in [0.2, 0.25) is 0 Å². The van der Waals surface area contributed by atoms with Crippen molar-refractivity contribution in [3.63, 3.8) is 0 Å². The van der Waals surface area contributed by atoms with E-state index in [9.17, 15) is 0 Å². The van der Waals surface area contributed by atoms with Gasteiger partial charge in [-0.2, -0.15) is 5.10 Å². The zero-order valence-electron chi connectivity index (χ0n) is 11.8. The molecule has 2 aromatic heterocycles. The fraction of sp³-hybridized carbons (Fsp3) is 0.533. The second-order valence-corrected chi connectivity index (χ2v) is 7.00. The van der Waals surface area contributed by atoms with Crippen LogP contribution >= 0.6 is 15.9 Å². The Balaban J connectivity index is 1.36. The number of aromatic nitrogens is 4. The molecule has 0 amide bonds. The highest BCUT2D eigenvalue weighted by atomic mass is 79.9. The molecule has 110 valence electrons. The first-order chi connectivity index (χ1) is 10.3. The lowest BCUT2D eigenvalue weighted by atomic mass is 9.83. The first-order valence-corrected chi connectivity index (χ1v) is 8.32. The van der Waals surface area contributed by atoms with Crippen LogP contribution in [0.5, 0.6) is 0 Å². The molecule has 3 heterocycles. The van der Waals surface area contributed by atoms with Crippen LogP contribution in [0, 0.1) is 5.92 Å². The second-order valence-electron chi connectivity index (χ2n) is 6.08. The minimum Gasteiger partial charge on any atom is -0.356 e. The molecule has 0 bridgehead atoms. The predicted octanol–water partition coefficient (Wildman–Crippen LogP) is 2.84. The zero-order valence-corrected chi connectivity index (χ0v) is 13.4. The van der Waals surface area contributed by atoms with Crippen molar-refractivity contribution in [1.29, 1.82) is 0 Å². The third kappa shape index (κ3) is 2.69. The second kappa shape index (κ2) is 5.40. The van der Waals surface area contributed by atoms with Gasteiger partial charge in [0, 0.05) is 49.4 Å². The van der Waals surface area contributed by atoms with E-state index >= 15 is 0 Å². The van der Waals surface area contributed by atoms with Gasteiger partial charge in [-0.1, -0.05) is 6.42 Å². The van der Waals surface area contributed by atoms with E-state index in [1.807, 2.05) is 17.1 Å². The summed E-state index contributed by atoms with van der Waals surface area (Å²) < 4.78 is 3.05. The van der Waals surface area contributed by atoms with Gasteiger partial charge in [0.05, 0.1) is 10.7 Å². The minimum absolute atomic E-state index is 0.652. The van der Waals surface area contributed by atoms with Crippen molar-refractivity contribution in [3.05, 3.63) is 35.0 Å². The summed E-state index contributed by atoms with van der Waals surface area (Å²) in [6.07, 6.45) is 9.50. The van der Waals surface area contributed by atoms with Crippen molar-refractivity contribution in [1.82, 2.24) is 19.7 Å². The van der Waals surface area contributed by atoms with Crippen LogP contribution < -0.4 is 4.90 Å². The molecule has 4 rings (SSSR count). The van der Waals surface area contributed by atoms with Gasteiger partial charge in [-0.3, -0.25) is 4.68 Å². The molecule has 1 aliphatic heterocycles. The van der Waals surface area contributed by atoms with E-state index in [0.29, 0.717) is 11.8 Å². The van der Waals surface area contributed by atoms with Gasteiger partial charge >= 0.3 is 0 Å². The van der Waals surface area contributed by atoms with Crippen LogP contribution in [0.1, 0.15) is 30.9 Å². The Morgan fingerprint density at radius 2 is 2.10 bits per heavy atom. The predicted molar refractivity (Wildman–Crippen MR) is 84.3 cm³/mol. The van der Waals surface area contributed by atoms with Gasteiger partial charge in [0.25, 0.3) is 0 Å². The Kier molecular flexibility index (Phi) is 3.41. The normalized spacial score (nSPS) is 19.4. The molecule has 2 aliphatic rings. The molecule has 0 spiro atoms. The van der Waals surface area contributed by atoms with Crippen LogP contribution in [0.25, 0.3) is 0 Å². The van der Waals surface area contributed by atoms with Crippen molar-refractivity contribution in [2.75, 3.05) is 18.0 Å². The number of hydrogen-bond acceptors (Lipinski definition) is 4. The largest absolute Gasteiger partial charge is 0.356 e. The fourth-order valence-corrected chi connectivity index (χ4v) is 3.36. The van der Waals surface area contributed by atoms with Crippen LogP contribution in [-0.2, 0) is 6.54 Å². The fourth-order valence-electron chi connectivity index (χ4n) is 3.04. The quantitative estimate of drug-likeness (QED) is 0.853. The maximum absolute atomic E-state index is 4.43. The molecule has 6 heteroatoms. The van der Waals surface area contributed by atoms with E-state index in [1.54, 1.807) is 6.33 Å². The standard InChI is InChI=1S/C15H18BrN5/c16-13-5-19-21(9-13)8-11-6-20(7-11)15-4-14(17-10-18-15)12-2-1-3-12/h4-5,9-12H,1-3,6-8H2. The molecular weight excluding hydrogens is 330 g/mol. The molecule has 1 aliphatic carbocycles. The number of rotatable bonds is 4. The highest BCUT2D eigenvalue weighted by Crippen LogP contribution is 2.36. The van der Waals surface area contributed by atoms with Gasteiger partial charge in [0.1, 0.15) is 12.1 Å². The Hall–Kier alpha value is -1.43. The number of nitrogens with zero attached hydrogens (tertiary/aromatic N) is 5. The van der Waals surface area contributed by atoms with Crippen molar-refractivity contribution in [3.8, 4) is 0 Å². The van der Waals surface area contributed by atoms with Crippen molar-refractivity contribution in [2.45, 2.75) is 31.7 Å². The molecule has 0 aromatic carbocycles. The van der Waals surface area contributed by atoms with Gasteiger partial charge in [-0.15, -0.1) is 0 Å². The highest BCUT2D eigenvalue weighted by Gasteiger charge is 2.29. The highest BCUT2D eigenvalue weighted by molar-refractivity contribution is 9.10. The molecule has 2 aromatic rings. The minimum atomic E-state index is 0.652. The monoisotopic (exact) mass is 347 g/mol. The van der Waals surface area contributed by atoms with E-state index < -0.39 is 0 Å². The summed E-state index contributed by atoms with van der Waals surface area (Å²) in [4.78, 5) is 11.2. The lowest BCUT2D eigenvalue weighted by Gasteiger charge is -2.40. The summed E-state index contributed by atoms with van der Waals surface area (Å²) >= 11 is 3.43. The SMILES string of the molecule is Brc1cnn(CC2CN(c3cc(C4CCC4)ncn3)C2)c1. The van der Waals surface area contributed by atoms with E-state index in [1.165, 1.54) is 25.0 Å². The summed E-state index contributed by atoms with van der Waals surface area (Å²) in [5, 5.41) is 4.32. The van der Waals surface area contributed by atoms with Gasteiger partial charge in [-0.25, -0.2) is 9.97 Å². The molecule has 5 nitrogen and oxygen atoms in total. The van der Waals surface area contributed by atoms with Gasteiger partial charge < -0.3 is 4.90 Å². The molecule has 0 radical (unpaired) electrons. The summed E-state index contributed by atoms with van der Waals surface area (Å²) in [5.41, 5.74) is 1.23. The molecular formula is C15H18BrN5. The van der Waals surface area contributed by atoms with Crippen molar-refractivity contribution < 1.29 is 0 Å². The van der Waals surface area contributed by atoms with E-state index in [2.05, 4.69) is 42.0 Å². The van der Waals surface area contributed by atoms with E-state index in [-0.39, 0.29) is 0 Å². The maximum Gasteiger partial charge on any atom is 0.132 e. The topological polar surface area (TPSA) is 46.8 Å². The van der Waals surface area contributed by atoms with Crippen LogP contribution in [0.4, 0.5) is 5.82 Å². The van der Waals surface area contributed by atoms with Gasteiger partial charge in [0.2, 0.25) is 0 Å². The molecule has 1 saturated carbocycles. The van der Waals surface area contributed by atoms with E-state index in [0.717, 1.165) is 29.9 Å². The summed E-state index contributed by atoms with van der Waals surface area (Å²) in [6, 6.07) is 2.19. The summed E-state index contributed by atoms with van der Waals surface area (Å²) in [5.74, 6) is 2.41.